The Labute approximate surface area is 188 Å². The molecule has 0 unspecified atom stereocenters. The molecule has 2 aromatic carbocycles. The number of hydrogen-bond donors (Lipinski definition) is 2. The topological polar surface area (TPSA) is 102 Å². The monoisotopic (exact) mass is 461 g/mol. The quantitative estimate of drug-likeness (QED) is 0.340. The number of nitrogens with zero attached hydrogens (tertiary/aromatic N) is 3. The lowest BCUT2D eigenvalue weighted by Gasteiger charge is -2.21. The second-order valence-corrected chi connectivity index (χ2v) is 8.19. The highest BCUT2D eigenvalue weighted by Crippen LogP contribution is 2.29. The van der Waals surface area contributed by atoms with Gasteiger partial charge in [-0.2, -0.15) is 4.98 Å². The first-order valence-electron chi connectivity index (χ1n) is 9.89. The normalized spacial score (nSPS) is 11.7. The van der Waals surface area contributed by atoms with Crippen LogP contribution in [0.5, 0.6) is 5.75 Å². The summed E-state index contributed by atoms with van der Waals surface area (Å²) in [7, 11) is 0. The Balaban J connectivity index is 1.89. The highest BCUT2D eigenvalue weighted by Gasteiger charge is 2.31. The van der Waals surface area contributed by atoms with Crippen LogP contribution in [0.4, 0.5) is 30.6 Å². The SMILES string of the molecule is CC(C)(C)Nc1nc(NCc2ccc([N+](=O)[O-])cc2)cc(-c2cccc(OC(F)(F)F)c2)n1. The van der Waals surface area contributed by atoms with Gasteiger partial charge in [0.15, 0.2) is 0 Å². The number of nitro benzene ring substituents is 1. The van der Waals surface area contributed by atoms with Crippen LogP contribution in [0.15, 0.2) is 54.6 Å². The summed E-state index contributed by atoms with van der Waals surface area (Å²) in [4.78, 5) is 19.2. The van der Waals surface area contributed by atoms with Crippen LogP contribution >= 0.6 is 0 Å². The summed E-state index contributed by atoms with van der Waals surface area (Å²) in [5.74, 6) is 0.352. The smallest absolute Gasteiger partial charge is 0.406 e. The molecule has 8 nitrogen and oxygen atoms in total. The summed E-state index contributed by atoms with van der Waals surface area (Å²) in [5.41, 5.74) is 1.20. The predicted molar refractivity (Wildman–Crippen MR) is 118 cm³/mol. The summed E-state index contributed by atoms with van der Waals surface area (Å²) in [6, 6.07) is 13.2. The van der Waals surface area contributed by atoms with Gasteiger partial charge in [-0.25, -0.2) is 4.98 Å². The molecule has 2 N–H and O–H groups in total. The molecule has 0 saturated carbocycles. The van der Waals surface area contributed by atoms with Crippen molar-refractivity contribution in [2.75, 3.05) is 10.6 Å². The van der Waals surface area contributed by atoms with Gasteiger partial charge in [0.1, 0.15) is 11.6 Å². The fourth-order valence-corrected chi connectivity index (χ4v) is 2.86. The van der Waals surface area contributed by atoms with Crippen molar-refractivity contribution < 1.29 is 22.8 Å². The molecule has 3 rings (SSSR count). The number of nitrogens with one attached hydrogen (secondary N) is 2. The molecule has 174 valence electrons. The zero-order valence-electron chi connectivity index (χ0n) is 18.1. The fraction of sp³-hybridized carbons (Fsp3) is 0.273. The van der Waals surface area contributed by atoms with E-state index in [2.05, 4.69) is 25.3 Å². The Morgan fingerprint density at radius 2 is 1.73 bits per heavy atom. The van der Waals surface area contributed by atoms with Gasteiger partial charge in [0.25, 0.3) is 5.69 Å². The third kappa shape index (κ3) is 7.34. The number of non-ortho nitro benzene ring substituents is 1. The lowest BCUT2D eigenvalue weighted by atomic mass is 10.1. The fourth-order valence-electron chi connectivity index (χ4n) is 2.86. The number of alkyl halides is 3. The summed E-state index contributed by atoms with van der Waals surface area (Å²) in [5, 5.41) is 17.1. The summed E-state index contributed by atoms with van der Waals surface area (Å²) >= 11 is 0. The largest absolute Gasteiger partial charge is 0.573 e. The van der Waals surface area contributed by atoms with Crippen molar-refractivity contribution in [3.8, 4) is 17.0 Å². The molecule has 0 aliphatic rings. The molecular formula is C22H22F3N5O3. The van der Waals surface area contributed by atoms with Crippen LogP contribution in [0.2, 0.25) is 0 Å². The van der Waals surface area contributed by atoms with Gasteiger partial charge in [-0.15, -0.1) is 13.2 Å². The van der Waals surface area contributed by atoms with Gasteiger partial charge in [0.2, 0.25) is 5.95 Å². The minimum atomic E-state index is -4.80. The molecule has 0 spiro atoms. The lowest BCUT2D eigenvalue weighted by molar-refractivity contribution is -0.384. The van der Waals surface area contributed by atoms with Crippen LogP contribution in [-0.4, -0.2) is 26.8 Å². The highest BCUT2D eigenvalue weighted by atomic mass is 19.4. The average Bonchev–Trinajstić information content (AvgIpc) is 2.70. The van der Waals surface area contributed by atoms with E-state index in [0.29, 0.717) is 23.6 Å². The van der Waals surface area contributed by atoms with Crippen molar-refractivity contribution in [1.82, 2.24) is 9.97 Å². The molecule has 0 aliphatic carbocycles. The first kappa shape index (κ1) is 23.8. The van der Waals surface area contributed by atoms with E-state index in [1.807, 2.05) is 20.8 Å². The molecule has 0 atom stereocenters. The van der Waals surface area contributed by atoms with Gasteiger partial charge in [0, 0.05) is 35.8 Å². The Hall–Kier alpha value is -3.89. The van der Waals surface area contributed by atoms with E-state index in [-0.39, 0.29) is 22.9 Å². The Bertz CT molecular complexity index is 1130. The van der Waals surface area contributed by atoms with Crippen LogP contribution < -0.4 is 15.4 Å². The van der Waals surface area contributed by atoms with Crippen molar-refractivity contribution >= 4 is 17.5 Å². The Kier molecular flexibility index (Phi) is 6.70. The molecule has 1 heterocycles. The van der Waals surface area contributed by atoms with Crippen molar-refractivity contribution in [2.24, 2.45) is 0 Å². The highest BCUT2D eigenvalue weighted by molar-refractivity contribution is 5.66. The van der Waals surface area contributed by atoms with Crippen LogP contribution in [0.3, 0.4) is 0 Å². The van der Waals surface area contributed by atoms with Crippen LogP contribution in [0.25, 0.3) is 11.3 Å². The van der Waals surface area contributed by atoms with E-state index < -0.39 is 11.3 Å². The molecule has 0 radical (unpaired) electrons. The van der Waals surface area contributed by atoms with Gasteiger partial charge in [-0.1, -0.05) is 24.3 Å². The number of nitro groups is 1. The molecule has 0 bridgehead atoms. The molecule has 11 heteroatoms. The molecule has 0 fully saturated rings. The van der Waals surface area contributed by atoms with E-state index >= 15 is 0 Å². The number of rotatable bonds is 7. The predicted octanol–water partition coefficient (Wildman–Crippen LogP) is 5.77. The maximum atomic E-state index is 12.6. The summed E-state index contributed by atoms with van der Waals surface area (Å²) in [6.45, 7) is 6.08. The number of benzene rings is 2. The molecule has 33 heavy (non-hydrogen) atoms. The maximum Gasteiger partial charge on any atom is 0.573 e. The first-order chi connectivity index (χ1) is 15.4. The number of halogens is 3. The van der Waals surface area contributed by atoms with E-state index in [1.165, 1.54) is 30.3 Å². The van der Waals surface area contributed by atoms with E-state index in [1.54, 1.807) is 24.3 Å². The molecule has 1 aromatic heterocycles. The maximum absolute atomic E-state index is 12.6. The third-order valence-corrected chi connectivity index (χ3v) is 4.20. The van der Waals surface area contributed by atoms with E-state index in [9.17, 15) is 23.3 Å². The zero-order valence-corrected chi connectivity index (χ0v) is 18.1. The second kappa shape index (κ2) is 9.31. The van der Waals surface area contributed by atoms with Crippen LogP contribution in [0.1, 0.15) is 26.3 Å². The average molecular weight is 461 g/mol. The van der Waals surface area contributed by atoms with Crippen molar-refractivity contribution in [3.05, 3.63) is 70.3 Å². The molecule has 0 aliphatic heterocycles. The summed E-state index contributed by atoms with van der Waals surface area (Å²) in [6.07, 6.45) is -4.80. The minimum absolute atomic E-state index is 0.0132. The number of hydrogen-bond acceptors (Lipinski definition) is 7. The zero-order chi connectivity index (χ0) is 24.2. The van der Waals surface area contributed by atoms with Gasteiger partial charge in [-0.3, -0.25) is 10.1 Å². The van der Waals surface area contributed by atoms with Gasteiger partial charge in [0.05, 0.1) is 10.6 Å². The first-order valence-corrected chi connectivity index (χ1v) is 9.89. The number of aromatic nitrogens is 2. The Morgan fingerprint density at radius 1 is 1.03 bits per heavy atom. The molecule has 0 saturated heterocycles. The van der Waals surface area contributed by atoms with Gasteiger partial charge in [-0.05, 0) is 38.5 Å². The van der Waals surface area contributed by atoms with E-state index in [4.69, 9.17) is 0 Å². The van der Waals surface area contributed by atoms with Gasteiger partial charge < -0.3 is 15.4 Å². The van der Waals surface area contributed by atoms with Crippen molar-refractivity contribution in [2.45, 2.75) is 39.2 Å². The van der Waals surface area contributed by atoms with Gasteiger partial charge >= 0.3 is 6.36 Å². The summed E-state index contributed by atoms with van der Waals surface area (Å²) < 4.78 is 41.9. The minimum Gasteiger partial charge on any atom is -0.406 e. The molecule has 3 aromatic rings. The molecular weight excluding hydrogens is 439 g/mol. The molecule has 0 amide bonds. The lowest BCUT2D eigenvalue weighted by Crippen LogP contribution is -2.27. The van der Waals surface area contributed by atoms with E-state index in [0.717, 1.165) is 5.56 Å². The Morgan fingerprint density at radius 3 is 2.33 bits per heavy atom. The third-order valence-electron chi connectivity index (χ3n) is 4.20. The number of anilines is 2. The second-order valence-electron chi connectivity index (χ2n) is 8.19. The standard InChI is InChI=1S/C22H22F3N5O3/c1-21(2,3)29-20-27-18(15-5-4-6-17(11-15)33-22(23,24)25)12-19(28-20)26-13-14-7-9-16(10-8-14)30(31)32/h4-12H,13H2,1-3H3,(H2,26,27,28,29). The van der Waals surface area contributed by atoms with Crippen LogP contribution in [-0.2, 0) is 6.54 Å². The van der Waals surface area contributed by atoms with Crippen molar-refractivity contribution in [1.29, 1.82) is 0 Å². The van der Waals surface area contributed by atoms with Crippen LogP contribution in [0, 0.1) is 10.1 Å². The van der Waals surface area contributed by atoms with Crippen molar-refractivity contribution in [3.63, 3.8) is 0 Å². The number of ether oxygens (including phenoxy) is 1.